The van der Waals surface area contributed by atoms with Crippen LogP contribution >= 0.6 is 0 Å². The molecule has 0 aromatic heterocycles. The summed E-state index contributed by atoms with van der Waals surface area (Å²) in [6.45, 7) is 0. The zero-order valence-corrected chi connectivity index (χ0v) is 8.17. The molecule has 0 spiro atoms. The predicted molar refractivity (Wildman–Crippen MR) is 56.7 cm³/mol. The minimum Gasteiger partial charge on any atom is -0.443 e. The Morgan fingerprint density at radius 2 is 2.07 bits per heavy atom. The lowest BCUT2D eigenvalue weighted by atomic mass is 10.2. The van der Waals surface area contributed by atoms with Crippen LogP contribution < -0.4 is 4.90 Å². The third kappa shape index (κ3) is 1.23. The Balaban J connectivity index is 1.98. The summed E-state index contributed by atoms with van der Waals surface area (Å²) in [4.78, 5) is 13.4. The molecule has 1 aromatic carbocycles. The van der Waals surface area contributed by atoms with Gasteiger partial charge in [-0.25, -0.2) is 4.79 Å². The van der Waals surface area contributed by atoms with Gasteiger partial charge >= 0.3 is 6.09 Å². The van der Waals surface area contributed by atoms with Gasteiger partial charge in [-0.3, -0.25) is 4.90 Å². The standard InChI is InChI=1S/C12H11NO2/c14-12-13(9-5-2-1-3-6-9)10-7-4-8-11(10)15-12/h1-7,10-11H,8H2. The number of hydrogen-bond acceptors (Lipinski definition) is 2. The minimum atomic E-state index is -0.236. The van der Waals surface area contributed by atoms with Crippen LogP contribution in [-0.2, 0) is 4.74 Å². The highest BCUT2D eigenvalue weighted by Crippen LogP contribution is 2.32. The zero-order valence-electron chi connectivity index (χ0n) is 8.17. The second kappa shape index (κ2) is 3.12. The topological polar surface area (TPSA) is 29.5 Å². The van der Waals surface area contributed by atoms with Crippen molar-refractivity contribution in [2.75, 3.05) is 4.90 Å². The van der Waals surface area contributed by atoms with Crippen molar-refractivity contribution in [1.82, 2.24) is 0 Å². The molecule has 3 nitrogen and oxygen atoms in total. The highest BCUT2D eigenvalue weighted by molar-refractivity contribution is 5.91. The maximum absolute atomic E-state index is 11.7. The molecule has 1 aliphatic heterocycles. The zero-order chi connectivity index (χ0) is 10.3. The van der Waals surface area contributed by atoms with Gasteiger partial charge < -0.3 is 4.74 Å². The second-order valence-electron chi connectivity index (χ2n) is 3.78. The molecule has 1 fully saturated rings. The van der Waals surface area contributed by atoms with Crippen molar-refractivity contribution >= 4 is 11.8 Å². The third-order valence-corrected chi connectivity index (χ3v) is 2.86. The van der Waals surface area contributed by atoms with Crippen LogP contribution in [-0.4, -0.2) is 18.2 Å². The maximum atomic E-state index is 11.7. The van der Waals surface area contributed by atoms with E-state index in [4.69, 9.17) is 4.74 Å². The number of rotatable bonds is 1. The SMILES string of the molecule is O=C1OC2CC=CC2N1c1ccccc1. The van der Waals surface area contributed by atoms with Crippen molar-refractivity contribution in [1.29, 1.82) is 0 Å². The minimum absolute atomic E-state index is 0.0118. The number of benzene rings is 1. The molecule has 0 bridgehead atoms. The number of fused-ring (bicyclic) bond motifs is 1. The van der Waals surface area contributed by atoms with E-state index in [1.165, 1.54) is 0 Å². The first-order valence-electron chi connectivity index (χ1n) is 5.08. The fraction of sp³-hybridized carbons (Fsp3) is 0.250. The summed E-state index contributed by atoms with van der Waals surface area (Å²) >= 11 is 0. The molecule has 76 valence electrons. The Hall–Kier alpha value is -1.77. The monoisotopic (exact) mass is 201 g/mol. The van der Waals surface area contributed by atoms with Crippen molar-refractivity contribution in [2.45, 2.75) is 18.6 Å². The molecule has 2 aliphatic rings. The number of carbonyl (C=O) groups excluding carboxylic acids is 1. The molecule has 1 aliphatic carbocycles. The third-order valence-electron chi connectivity index (χ3n) is 2.86. The largest absolute Gasteiger partial charge is 0.443 e. The molecule has 1 saturated heterocycles. The van der Waals surface area contributed by atoms with Gasteiger partial charge in [-0.1, -0.05) is 30.4 Å². The van der Waals surface area contributed by atoms with Crippen molar-refractivity contribution in [3.63, 3.8) is 0 Å². The average Bonchev–Trinajstić information content (AvgIpc) is 2.78. The molecule has 0 saturated carbocycles. The highest BCUT2D eigenvalue weighted by Gasteiger charge is 2.42. The number of para-hydroxylation sites is 1. The molecule has 1 heterocycles. The van der Waals surface area contributed by atoms with E-state index in [-0.39, 0.29) is 18.2 Å². The molecule has 1 amide bonds. The van der Waals surface area contributed by atoms with Crippen molar-refractivity contribution in [3.05, 3.63) is 42.5 Å². The summed E-state index contributed by atoms with van der Waals surface area (Å²) in [7, 11) is 0. The molecule has 15 heavy (non-hydrogen) atoms. The van der Waals surface area contributed by atoms with E-state index in [1.54, 1.807) is 4.90 Å². The van der Waals surface area contributed by atoms with Crippen LogP contribution in [0.25, 0.3) is 0 Å². The number of nitrogens with zero attached hydrogens (tertiary/aromatic N) is 1. The van der Waals surface area contributed by atoms with Crippen LogP contribution in [0.2, 0.25) is 0 Å². The molecule has 2 atom stereocenters. The smallest absolute Gasteiger partial charge is 0.415 e. The summed E-state index contributed by atoms with van der Waals surface area (Å²) in [6.07, 6.45) is 4.72. The highest BCUT2D eigenvalue weighted by atomic mass is 16.6. The number of anilines is 1. The normalized spacial score (nSPS) is 28.0. The van der Waals surface area contributed by atoms with E-state index >= 15 is 0 Å². The first kappa shape index (κ1) is 8.53. The molecule has 3 heteroatoms. The summed E-state index contributed by atoms with van der Waals surface area (Å²) in [5.41, 5.74) is 0.904. The quantitative estimate of drug-likeness (QED) is 0.653. The van der Waals surface area contributed by atoms with E-state index < -0.39 is 0 Å². The first-order chi connectivity index (χ1) is 7.36. The van der Waals surface area contributed by atoms with Gasteiger partial charge in [0.05, 0.1) is 6.04 Å². The molecule has 0 radical (unpaired) electrons. The van der Waals surface area contributed by atoms with Crippen LogP contribution in [0.4, 0.5) is 10.5 Å². The lowest BCUT2D eigenvalue weighted by molar-refractivity contribution is 0.140. The molecule has 2 unspecified atom stereocenters. The number of amides is 1. The van der Waals surface area contributed by atoms with Crippen LogP contribution in [0.3, 0.4) is 0 Å². The average molecular weight is 201 g/mol. The van der Waals surface area contributed by atoms with E-state index in [2.05, 4.69) is 6.08 Å². The van der Waals surface area contributed by atoms with E-state index in [0.29, 0.717) is 0 Å². The first-order valence-corrected chi connectivity index (χ1v) is 5.08. The maximum Gasteiger partial charge on any atom is 0.415 e. The Labute approximate surface area is 88.0 Å². The van der Waals surface area contributed by atoms with Crippen LogP contribution in [0, 0.1) is 0 Å². The van der Waals surface area contributed by atoms with Gasteiger partial charge in [0.1, 0.15) is 6.10 Å². The number of ether oxygens (including phenoxy) is 1. The Bertz CT molecular complexity index is 413. The molecule has 0 N–H and O–H groups in total. The molecular weight excluding hydrogens is 190 g/mol. The van der Waals surface area contributed by atoms with Gasteiger partial charge in [-0.2, -0.15) is 0 Å². The van der Waals surface area contributed by atoms with Crippen molar-refractivity contribution in [2.24, 2.45) is 0 Å². The predicted octanol–water partition coefficient (Wildman–Crippen LogP) is 2.34. The van der Waals surface area contributed by atoms with Crippen LogP contribution in [0.5, 0.6) is 0 Å². The molecular formula is C12H11NO2. The van der Waals surface area contributed by atoms with Gasteiger partial charge in [-0.05, 0) is 12.1 Å². The lowest BCUT2D eigenvalue weighted by Gasteiger charge is -2.18. The van der Waals surface area contributed by atoms with Crippen molar-refractivity contribution in [3.8, 4) is 0 Å². The van der Waals surface area contributed by atoms with Gasteiger partial charge in [-0.15, -0.1) is 0 Å². The summed E-state index contributed by atoms with van der Waals surface area (Å²) in [5, 5.41) is 0. The number of carbonyl (C=O) groups is 1. The van der Waals surface area contributed by atoms with Gasteiger partial charge in [0, 0.05) is 12.1 Å². The fourth-order valence-corrected chi connectivity index (χ4v) is 2.16. The van der Waals surface area contributed by atoms with Crippen LogP contribution in [0.1, 0.15) is 6.42 Å². The number of hydrogen-bond donors (Lipinski definition) is 0. The Morgan fingerprint density at radius 1 is 1.27 bits per heavy atom. The summed E-state index contributed by atoms with van der Waals surface area (Å²) in [6, 6.07) is 9.72. The van der Waals surface area contributed by atoms with E-state index in [1.807, 2.05) is 36.4 Å². The molecule has 3 rings (SSSR count). The second-order valence-corrected chi connectivity index (χ2v) is 3.78. The molecule has 1 aromatic rings. The van der Waals surface area contributed by atoms with Gasteiger partial charge in [0.25, 0.3) is 0 Å². The van der Waals surface area contributed by atoms with E-state index in [9.17, 15) is 4.79 Å². The van der Waals surface area contributed by atoms with Crippen LogP contribution in [0.15, 0.2) is 42.5 Å². The fourth-order valence-electron chi connectivity index (χ4n) is 2.16. The van der Waals surface area contributed by atoms with Gasteiger partial charge in [0.2, 0.25) is 0 Å². The van der Waals surface area contributed by atoms with Gasteiger partial charge in [0.15, 0.2) is 0 Å². The summed E-state index contributed by atoms with van der Waals surface area (Å²) in [5.74, 6) is 0. The van der Waals surface area contributed by atoms with E-state index in [0.717, 1.165) is 12.1 Å². The lowest BCUT2D eigenvalue weighted by Crippen LogP contribution is -2.32. The summed E-state index contributed by atoms with van der Waals surface area (Å²) < 4.78 is 5.28. The van der Waals surface area contributed by atoms with Crippen molar-refractivity contribution < 1.29 is 9.53 Å². The Morgan fingerprint density at radius 3 is 2.87 bits per heavy atom. The Kier molecular flexibility index (Phi) is 1.78.